The summed E-state index contributed by atoms with van der Waals surface area (Å²) in [5, 5.41) is 8.60. The van der Waals surface area contributed by atoms with Crippen molar-refractivity contribution in [2.75, 3.05) is 0 Å². The highest BCUT2D eigenvalue weighted by Crippen LogP contribution is 2.40. The van der Waals surface area contributed by atoms with E-state index in [0.29, 0.717) is 10.0 Å². The van der Waals surface area contributed by atoms with Crippen LogP contribution in [0.4, 0.5) is 13.2 Å². The maximum Gasteiger partial charge on any atom is 0.298 e. The molecule has 3 aromatic rings. The number of rotatable bonds is 4. The predicted molar refractivity (Wildman–Crippen MR) is 91.4 cm³/mol. The summed E-state index contributed by atoms with van der Waals surface area (Å²) < 4.78 is 68.9. The van der Waals surface area contributed by atoms with Crippen molar-refractivity contribution in [2.24, 2.45) is 5.14 Å². The van der Waals surface area contributed by atoms with Crippen molar-refractivity contribution in [1.82, 2.24) is 5.16 Å². The van der Waals surface area contributed by atoms with Crippen LogP contribution in [0.1, 0.15) is 12.2 Å². The van der Waals surface area contributed by atoms with Gasteiger partial charge >= 0.3 is 0 Å². The zero-order chi connectivity index (χ0) is 19.1. The molecule has 0 spiro atoms. The van der Waals surface area contributed by atoms with E-state index in [-0.39, 0.29) is 16.8 Å². The van der Waals surface area contributed by atoms with Crippen molar-refractivity contribution in [2.45, 2.75) is 11.3 Å². The van der Waals surface area contributed by atoms with Crippen LogP contribution in [0.15, 0.2) is 56.4 Å². The summed E-state index contributed by atoms with van der Waals surface area (Å²) in [6.07, 6.45) is -3.00. The van der Waals surface area contributed by atoms with Crippen LogP contribution in [0.25, 0.3) is 22.4 Å². The molecule has 2 aromatic carbocycles. The molecule has 0 radical (unpaired) electrons. The second-order valence-electron chi connectivity index (χ2n) is 5.27. The lowest BCUT2D eigenvalue weighted by molar-refractivity contribution is 0.113. The summed E-state index contributed by atoms with van der Waals surface area (Å²) in [4.78, 5) is -0.736. The molecule has 0 aliphatic carbocycles. The normalized spacial score (nSPS) is 11.9. The number of nitrogens with two attached hydrogens (primary N) is 1. The SMILES string of the molecule is NS(=O)(=O)c1ccc(-c2c(-c3cccc(Br)c3)noc2C(F)F)cc1F. The first-order chi connectivity index (χ1) is 12.2. The van der Waals surface area contributed by atoms with Crippen LogP contribution in [0, 0.1) is 5.82 Å². The Morgan fingerprint density at radius 3 is 2.42 bits per heavy atom. The van der Waals surface area contributed by atoms with Crippen LogP contribution < -0.4 is 5.14 Å². The smallest absolute Gasteiger partial charge is 0.298 e. The molecule has 10 heteroatoms. The molecule has 3 rings (SSSR count). The van der Waals surface area contributed by atoms with E-state index in [9.17, 15) is 21.6 Å². The van der Waals surface area contributed by atoms with Crippen molar-refractivity contribution < 1.29 is 26.1 Å². The molecule has 0 aliphatic rings. The molecule has 0 fully saturated rings. The molecule has 0 saturated carbocycles. The van der Waals surface area contributed by atoms with Gasteiger partial charge in [0, 0.05) is 10.0 Å². The number of benzene rings is 2. The largest absolute Gasteiger partial charge is 0.354 e. The zero-order valence-electron chi connectivity index (χ0n) is 12.8. The van der Waals surface area contributed by atoms with Gasteiger partial charge in [-0.2, -0.15) is 0 Å². The highest BCUT2D eigenvalue weighted by Gasteiger charge is 2.27. The molecule has 0 bridgehead atoms. The Hall–Kier alpha value is -2.17. The number of aromatic nitrogens is 1. The van der Waals surface area contributed by atoms with Gasteiger partial charge in [-0.1, -0.05) is 39.3 Å². The van der Waals surface area contributed by atoms with Crippen molar-refractivity contribution in [3.8, 4) is 22.4 Å². The molecular formula is C16H10BrF3N2O3S. The van der Waals surface area contributed by atoms with Crippen LogP contribution in [0.3, 0.4) is 0 Å². The van der Waals surface area contributed by atoms with Gasteiger partial charge in [-0.15, -0.1) is 0 Å². The Morgan fingerprint density at radius 1 is 1.12 bits per heavy atom. The topological polar surface area (TPSA) is 86.2 Å². The van der Waals surface area contributed by atoms with E-state index < -0.39 is 32.9 Å². The van der Waals surface area contributed by atoms with E-state index in [1.807, 2.05) is 0 Å². The number of hydrogen-bond acceptors (Lipinski definition) is 4. The molecular weight excluding hydrogens is 437 g/mol. The minimum atomic E-state index is -4.28. The van der Waals surface area contributed by atoms with Gasteiger partial charge in [-0.25, -0.2) is 26.7 Å². The molecule has 1 heterocycles. The summed E-state index contributed by atoms with van der Waals surface area (Å²) in [7, 11) is -4.28. The second kappa shape index (κ2) is 6.86. The lowest BCUT2D eigenvalue weighted by Crippen LogP contribution is -2.14. The molecule has 0 amide bonds. The highest BCUT2D eigenvalue weighted by atomic mass is 79.9. The highest BCUT2D eigenvalue weighted by molar-refractivity contribution is 9.10. The maximum absolute atomic E-state index is 14.2. The molecule has 0 aliphatic heterocycles. The molecule has 26 heavy (non-hydrogen) atoms. The van der Waals surface area contributed by atoms with Crippen molar-refractivity contribution in [1.29, 1.82) is 0 Å². The van der Waals surface area contributed by atoms with E-state index in [1.165, 1.54) is 6.07 Å². The number of halogens is 4. The third-order valence-electron chi connectivity index (χ3n) is 3.54. The van der Waals surface area contributed by atoms with Crippen molar-refractivity contribution in [3.05, 3.63) is 58.5 Å². The summed E-state index contributed by atoms with van der Waals surface area (Å²) >= 11 is 3.27. The summed E-state index contributed by atoms with van der Waals surface area (Å²) in [6, 6.07) is 9.54. The standard InChI is InChI=1S/C16H10BrF3N2O3S/c17-10-3-1-2-9(6-10)14-13(15(16(19)20)25-22-14)8-4-5-12(11(18)7-8)26(21,23)24/h1-7,16H,(H2,21,23,24). The van der Waals surface area contributed by atoms with Crippen LogP contribution >= 0.6 is 15.9 Å². The number of alkyl halides is 2. The fourth-order valence-corrected chi connectivity index (χ4v) is 3.44. The molecule has 0 unspecified atom stereocenters. The van der Waals surface area contributed by atoms with Gasteiger partial charge < -0.3 is 4.52 Å². The Morgan fingerprint density at radius 2 is 1.85 bits per heavy atom. The molecule has 1 aromatic heterocycles. The van der Waals surface area contributed by atoms with Gasteiger partial charge in [-0.3, -0.25) is 0 Å². The molecule has 5 nitrogen and oxygen atoms in total. The maximum atomic E-state index is 14.2. The minimum Gasteiger partial charge on any atom is -0.354 e. The Kier molecular flexibility index (Phi) is 4.91. The van der Waals surface area contributed by atoms with Gasteiger partial charge in [0.15, 0.2) is 0 Å². The Balaban J connectivity index is 2.24. The van der Waals surface area contributed by atoms with Crippen LogP contribution in [0.5, 0.6) is 0 Å². The summed E-state index contributed by atoms with van der Waals surface area (Å²) in [5.74, 6) is -1.91. The van der Waals surface area contributed by atoms with E-state index >= 15 is 0 Å². The average Bonchev–Trinajstić information content (AvgIpc) is 2.98. The number of hydrogen-bond donors (Lipinski definition) is 1. The van der Waals surface area contributed by atoms with Gasteiger partial charge in [0.2, 0.25) is 15.8 Å². The first-order valence-corrected chi connectivity index (χ1v) is 9.39. The van der Waals surface area contributed by atoms with Crippen LogP contribution in [0.2, 0.25) is 0 Å². The fraction of sp³-hybridized carbons (Fsp3) is 0.0625. The van der Waals surface area contributed by atoms with Crippen LogP contribution in [-0.2, 0) is 10.0 Å². The molecule has 136 valence electrons. The number of primary sulfonamides is 1. The van der Waals surface area contributed by atoms with Gasteiger partial charge in [-0.05, 0) is 29.8 Å². The lowest BCUT2D eigenvalue weighted by atomic mass is 9.99. The average molecular weight is 447 g/mol. The monoisotopic (exact) mass is 446 g/mol. The Bertz CT molecular complexity index is 1080. The quantitative estimate of drug-likeness (QED) is 0.639. The summed E-state index contributed by atoms with van der Waals surface area (Å²) in [5.41, 5.74) is 0.393. The third kappa shape index (κ3) is 3.53. The van der Waals surface area contributed by atoms with Crippen molar-refractivity contribution >= 4 is 26.0 Å². The molecule has 0 saturated heterocycles. The fourth-order valence-electron chi connectivity index (χ4n) is 2.45. The van der Waals surface area contributed by atoms with E-state index in [0.717, 1.165) is 12.1 Å². The van der Waals surface area contributed by atoms with Gasteiger partial charge in [0.05, 0.1) is 5.56 Å². The molecule has 2 N–H and O–H groups in total. The first-order valence-electron chi connectivity index (χ1n) is 7.05. The van der Waals surface area contributed by atoms with Gasteiger partial charge in [0.25, 0.3) is 6.43 Å². The van der Waals surface area contributed by atoms with E-state index in [2.05, 4.69) is 21.1 Å². The lowest BCUT2D eigenvalue weighted by Gasteiger charge is -2.07. The first kappa shape index (κ1) is 18.6. The van der Waals surface area contributed by atoms with E-state index in [4.69, 9.17) is 9.66 Å². The number of sulfonamides is 1. The predicted octanol–water partition coefficient (Wildman–Crippen LogP) is 4.50. The number of nitrogens with zero attached hydrogens (tertiary/aromatic N) is 1. The minimum absolute atomic E-state index is 0.0126. The second-order valence-corrected chi connectivity index (χ2v) is 7.72. The van der Waals surface area contributed by atoms with E-state index in [1.54, 1.807) is 24.3 Å². The third-order valence-corrected chi connectivity index (χ3v) is 4.98. The zero-order valence-corrected chi connectivity index (χ0v) is 15.2. The summed E-state index contributed by atoms with van der Waals surface area (Å²) in [6.45, 7) is 0. The van der Waals surface area contributed by atoms with Gasteiger partial charge in [0.1, 0.15) is 16.4 Å². The molecule has 0 atom stereocenters. The van der Waals surface area contributed by atoms with Crippen LogP contribution in [-0.4, -0.2) is 13.6 Å². The van der Waals surface area contributed by atoms with Crippen molar-refractivity contribution in [3.63, 3.8) is 0 Å². The Labute approximate surface area is 154 Å².